The van der Waals surface area contributed by atoms with E-state index in [2.05, 4.69) is 32.5 Å². The highest BCUT2D eigenvalue weighted by molar-refractivity contribution is 5.32. The molecule has 0 spiro atoms. The molecule has 0 amide bonds. The molecule has 0 saturated carbocycles. The van der Waals surface area contributed by atoms with Crippen molar-refractivity contribution in [1.29, 1.82) is 0 Å². The van der Waals surface area contributed by atoms with E-state index >= 15 is 0 Å². The molecule has 1 N–H and O–H groups in total. The van der Waals surface area contributed by atoms with Crippen molar-refractivity contribution in [3.63, 3.8) is 0 Å². The van der Waals surface area contributed by atoms with Crippen molar-refractivity contribution in [1.82, 2.24) is 14.5 Å². The molecule has 104 valence electrons. The Labute approximate surface area is 115 Å². The minimum atomic E-state index is 0.561. The Bertz CT molecular complexity index is 451. The third kappa shape index (κ3) is 2.54. The van der Waals surface area contributed by atoms with Gasteiger partial charge in [0.1, 0.15) is 0 Å². The molecule has 2 saturated heterocycles. The third-order valence-corrected chi connectivity index (χ3v) is 4.39. The fourth-order valence-corrected chi connectivity index (χ4v) is 3.52. The van der Waals surface area contributed by atoms with E-state index in [-0.39, 0.29) is 0 Å². The van der Waals surface area contributed by atoms with Gasteiger partial charge in [-0.2, -0.15) is 0 Å². The fraction of sp³-hybridized carbons (Fsp3) is 0.667. The predicted octanol–water partition coefficient (Wildman–Crippen LogP) is 2.42. The number of nitrogens with one attached hydrogen (secondary N) is 1. The molecular formula is C15H24N4. The summed E-state index contributed by atoms with van der Waals surface area (Å²) in [6.45, 7) is 9.21. The molecule has 2 aliphatic rings. The number of imidazole rings is 1. The Hall–Kier alpha value is -1.29. The number of hydrogen-bond acceptors (Lipinski definition) is 3. The highest BCUT2D eigenvalue weighted by atomic mass is 15.3. The summed E-state index contributed by atoms with van der Waals surface area (Å²) in [6, 6.07) is 1.27. The third-order valence-electron chi connectivity index (χ3n) is 4.39. The zero-order chi connectivity index (χ0) is 13.2. The number of hydrogen-bond donors (Lipinski definition) is 1. The minimum absolute atomic E-state index is 0.561. The monoisotopic (exact) mass is 260 g/mol. The maximum Gasteiger partial charge on any atom is 0.203 e. The Balaban J connectivity index is 1.72. The molecule has 0 aromatic carbocycles. The number of anilines is 1. The van der Waals surface area contributed by atoms with Crippen LogP contribution >= 0.6 is 0 Å². The zero-order valence-electron chi connectivity index (χ0n) is 11.8. The molecule has 0 bridgehead atoms. The molecule has 0 aliphatic carbocycles. The van der Waals surface area contributed by atoms with Gasteiger partial charge in [0.05, 0.1) is 5.69 Å². The maximum absolute atomic E-state index is 4.62. The summed E-state index contributed by atoms with van der Waals surface area (Å²) in [5, 5.41) is 3.68. The van der Waals surface area contributed by atoms with E-state index in [1.165, 1.54) is 38.8 Å². The lowest BCUT2D eigenvalue weighted by molar-refractivity contribution is 0.192. The highest BCUT2D eigenvalue weighted by Crippen LogP contribution is 2.29. The van der Waals surface area contributed by atoms with E-state index in [9.17, 15) is 0 Å². The van der Waals surface area contributed by atoms with Crippen LogP contribution in [0.15, 0.2) is 18.9 Å². The van der Waals surface area contributed by atoms with Crippen LogP contribution in [-0.4, -0.2) is 39.6 Å². The Morgan fingerprint density at radius 3 is 3.16 bits per heavy atom. The van der Waals surface area contributed by atoms with Gasteiger partial charge in [-0.25, -0.2) is 4.98 Å². The van der Waals surface area contributed by atoms with Crippen LogP contribution in [0.4, 0.5) is 5.95 Å². The van der Waals surface area contributed by atoms with Gasteiger partial charge in [-0.3, -0.25) is 4.90 Å². The van der Waals surface area contributed by atoms with Crippen molar-refractivity contribution in [3.8, 4) is 0 Å². The molecule has 1 aromatic rings. The van der Waals surface area contributed by atoms with Gasteiger partial charge in [-0.15, -0.1) is 6.58 Å². The van der Waals surface area contributed by atoms with Crippen LogP contribution in [0.1, 0.15) is 31.4 Å². The van der Waals surface area contributed by atoms with Gasteiger partial charge in [0.25, 0.3) is 0 Å². The summed E-state index contributed by atoms with van der Waals surface area (Å²) < 4.78 is 2.16. The van der Waals surface area contributed by atoms with E-state index in [1.807, 2.05) is 13.0 Å². The smallest absolute Gasteiger partial charge is 0.203 e. The average Bonchev–Trinajstić information content (AvgIpc) is 2.96. The molecule has 2 fully saturated rings. The number of aryl methyl sites for hydroxylation is 1. The second kappa shape index (κ2) is 5.37. The number of nitrogens with zero attached hydrogens (tertiary/aromatic N) is 3. The molecule has 0 radical (unpaired) electrons. The number of rotatable bonds is 4. The first-order valence-electron chi connectivity index (χ1n) is 7.43. The Kier molecular flexibility index (Phi) is 3.60. The minimum Gasteiger partial charge on any atom is -0.351 e. The maximum atomic E-state index is 4.62. The van der Waals surface area contributed by atoms with Crippen LogP contribution in [-0.2, 0) is 6.54 Å². The first kappa shape index (κ1) is 12.7. The van der Waals surface area contributed by atoms with Crippen molar-refractivity contribution < 1.29 is 0 Å². The van der Waals surface area contributed by atoms with Crippen molar-refractivity contribution in [2.45, 2.75) is 51.2 Å². The quantitative estimate of drug-likeness (QED) is 0.844. The Morgan fingerprint density at radius 2 is 2.32 bits per heavy atom. The van der Waals surface area contributed by atoms with Crippen LogP contribution in [0.2, 0.25) is 0 Å². The summed E-state index contributed by atoms with van der Waals surface area (Å²) in [4.78, 5) is 7.26. The van der Waals surface area contributed by atoms with E-state index in [0.29, 0.717) is 12.1 Å². The van der Waals surface area contributed by atoms with Gasteiger partial charge in [0.15, 0.2) is 0 Å². The van der Waals surface area contributed by atoms with E-state index in [4.69, 9.17) is 0 Å². The van der Waals surface area contributed by atoms with Gasteiger partial charge >= 0.3 is 0 Å². The fourth-order valence-electron chi connectivity index (χ4n) is 3.52. The van der Waals surface area contributed by atoms with Gasteiger partial charge in [0.2, 0.25) is 5.95 Å². The highest BCUT2D eigenvalue weighted by Gasteiger charge is 2.35. The van der Waals surface area contributed by atoms with Gasteiger partial charge in [0, 0.05) is 31.4 Å². The molecule has 2 unspecified atom stereocenters. The molecular weight excluding hydrogens is 236 g/mol. The van der Waals surface area contributed by atoms with Crippen molar-refractivity contribution in [2.75, 3.05) is 18.4 Å². The van der Waals surface area contributed by atoms with Crippen LogP contribution in [0.25, 0.3) is 0 Å². The van der Waals surface area contributed by atoms with E-state index in [0.717, 1.165) is 18.2 Å². The second-order valence-electron chi connectivity index (χ2n) is 5.79. The molecule has 2 atom stereocenters. The first-order chi connectivity index (χ1) is 9.28. The van der Waals surface area contributed by atoms with Crippen LogP contribution in [0.5, 0.6) is 0 Å². The van der Waals surface area contributed by atoms with Crippen molar-refractivity contribution in [3.05, 3.63) is 24.5 Å². The lowest BCUT2D eigenvalue weighted by atomic mass is 9.99. The molecule has 2 aliphatic heterocycles. The summed E-state index contributed by atoms with van der Waals surface area (Å²) >= 11 is 0. The summed E-state index contributed by atoms with van der Waals surface area (Å²) in [5.74, 6) is 1.01. The summed E-state index contributed by atoms with van der Waals surface area (Å²) in [6.07, 6.45) is 9.34. The SMILES string of the molecule is C=CCn1cc(C)nc1NC1CCN2CCCCC12. The average molecular weight is 260 g/mol. The normalized spacial score (nSPS) is 27.2. The van der Waals surface area contributed by atoms with Gasteiger partial charge in [-0.1, -0.05) is 12.5 Å². The van der Waals surface area contributed by atoms with Gasteiger partial charge in [-0.05, 0) is 32.7 Å². The molecule has 4 heteroatoms. The van der Waals surface area contributed by atoms with E-state index < -0.39 is 0 Å². The molecule has 19 heavy (non-hydrogen) atoms. The van der Waals surface area contributed by atoms with Crippen LogP contribution < -0.4 is 5.32 Å². The van der Waals surface area contributed by atoms with Gasteiger partial charge < -0.3 is 9.88 Å². The summed E-state index contributed by atoms with van der Waals surface area (Å²) in [7, 11) is 0. The topological polar surface area (TPSA) is 33.1 Å². The van der Waals surface area contributed by atoms with Crippen LogP contribution in [0, 0.1) is 6.92 Å². The first-order valence-corrected chi connectivity index (χ1v) is 7.43. The van der Waals surface area contributed by atoms with Crippen molar-refractivity contribution >= 4 is 5.95 Å². The second-order valence-corrected chi connectivity index (χ2v) is 5.79. The largest absolute Gasteiger partial charge is 0.351 e. The van der Waals surface area contributed by atoms with Crippen LogP contribution in [0.3, 0.4) is 0 Å². The molecule has 3 rings (SSSR count). The predicted molar refractivity (Wildman–Crippen MR) is 78.4 cm³/mol. The lowest BCUT2D eigenvalue weighted by Gasteiger charge is -2.32. The van der Waals surface area contributed by atoms with E-state index in [1.54, 1.807) is 0 Å². The number of fused-ring (bicyclic) bond motifs is 1. The number of allylic oxidation sites excluding steroid dienone is 1. The zero-order valence-corrected chi connectivity index (χ0v) is 11.8. The molecule has 1 aromatic heterocycles. The summed E-state index contributed by atoms with van der Waals surface area (Å²) in [5.41, 5.74) is 1.07. The number of aromatic nitrogens is 2. The van der Waals surface area contributed by atoms with Crippen molar-refractivity contribution in [2.24, 2.45) is 0 Å². The molecule has 4 nitrogen and oxygen atoms in total. The Morgan fingerprint density at radius 1 is 1.42 bits per heavy atom. The molecule has 3 heterocycles. The lowest BCUT2D eigenvalue weighted by Crippen LogP contribution is -2.42. The standard InChI is InChI=1S/C15H24N4/c1-3-8-19-11-12(2)16-15(19)17-13-7-10-18-9-5-4-6-14(13)18/h3,11,13-14H,1,4-10H2,2H3,(H,16,17). The number of piperidine rings is 1.